The standard InChI is InChI=1S/C83H140O16P2/c1-4-7-10-13-16-19-22-25-28-30-32-33-34-35-36-37-38-39-40-41-42-43-45-47-49-51-54-57-60-63-66-69-81(86)93-72-78(84)73-95-100(89,90)96-74-79(85)75-97-101(91,92)98-77-80(99-83(88)71-68-65-62-59-56-53-48-27-24-21-18-15-12-9-6-3)76-94-82(87)70-67-64-61-58-55-52-50-46-44-31-29-26-23-20-17-14-11-8-5-2/h8,11,16-21,25-29,32-33,35-36,44,46,48,52,55,61,64,78-80,84-85H,4-7,9-10,12-15,22-24,30-31,34,37-43,45,47,49-51,53-54,56-60,62-63,65-77H2,1-3H3,(H,89,90)(H,91,92)/b11-8-,19-16-,20-17-,21-18-,28-25-,29-26-,33-32-,36-35-,46-44-,48-27-,55-52-,64-61-. The van der Waals surface area contributed by atoms with Gasteiger partial charge in [-0.3, -0.25) is 32.5 Å². The SMILES string of the molecule is CC/C=C\C/C=C\C/C=C\C/C=C\C/C=C\C/C=C\CCC(=O)OCC(COP(=O)(O)OCC(O)COP(=O)(O)OCC(O)COC(=O)CCCCCCCCCCCCCCCCC/C=C\C/C=C\C/C=C\C/C=C\CCCCC)OC(=O)CCCCCCC/C=C\C/C=C\CCCCC. The number of aliphatic hydroxyl groups is 2. The van der Waals surface area contributed by atoms with E-state index in [0.717, 1.165) is 116 Å². The number of aliphatic hydroxyl groups excluding tert-OH is 2. The van der Waals surface area contributed by atoms with E-state index in [1.54, 1.807) is 0 Å². The molecule has 0 heterocycles. The molecule has 5 unspecified atom stereocenters. The van der Waals surface area contributed by atoms with Crippen LogP contribution in [0.4, 0.5) is 0 Å². The highest BCUT2D eigenvalue weighted by molar-refractivity contribution is 7.47. The summed E-state index contributed by atoms with van der Waals surface area (Å²) in [6.07, 6.45) is 92.1. The number of carbonyl (C=O) groups excluding carboxylic acids is 3. The maximum Gasteiger partial charge on any atom is 0.472 e. The third-order valence-electron chi connectivity index (χ3n) is 16.0. The molecule has 0 saturated carbocycles. The fourth-order valence-corrected chi connectivity index (χ4v) is 11.7. The predicted molar refractivity (Wildman–Crippen MR) is 417 cm³/mol. The highest BCUT2D eigenvalue weighted by Crippen LogP contribution is 2.45. The molecule has 578 valence electrons. The minimum absolute atomic E-state index is 0.0383. The molecule has 5 atom stereocenters. The third-order valence-corrected chi connectivity index (χ3v) is 17.9. The number of unbranched alkanes of at least 4 members (excludes halogenated alkanes) is 26. The summed E-state index contributed by atoms with van der Waals surface area (Å²) in [7, 11) is -9.82. The maximum absolute atomic E-state index is 12.9. The fourth-order valence-electron chi connectivity index (χ4n) is 10.1. The van der Waals surface area contributed by atoms with Gasteiger partial charge in [-0.25, -0.2) is 9.13 Å². The molecule has 16 nitrogen and oxygen atoms in total. The van der Waals surface area contributed by atoms with Crippen molar-refractivity contribution in [3.05, 3.63) is 146 Å². The zero-order chi connectivity index (χ0) is 73.7. The molecule has 0 amide bonds. The van der Waals surface area contributed by atoms with Crippen molar-refractivity contribution in [2.75, 3.05) is 39.6 Å². The van der Waals surface area contributed by atoms with Crippen molar-refractivity contribution >= 4 is 33.6 Å². The molecule has 0 bridgehead atoms. The largest absolute Gasteiger partial charge is 0.472 e. The van der Waals surface area contributed by atoms with Gasteiger partial charge in [0.05, 0.1) is 26.4 Å². The molecule has 101 heavy (non-hydrogen) atoms. The molecule has 0 spiro atoms. The number of phosphoric ester groups is 2. The Bertz CT molecular complexity index is 2420. The van der Waals surface area contributed by atoms with Crippen molar-refractivity contribution in [2.24, 2.45) is 0 Å². The second-order valence-electron chi connectivity index (χ2n) is 25.8. The molecule has 0 rings (SSSR count). The van der Waals surface area contributed by atoms with Crippen LogP contribution in [0.5, 0.6) is 0 Å². The molecule has 4 N–H and O–H groups in total. The minimum Gasteiger partial charge on any atom is -0.463 e. The van der Waals surface area contributed by atoms with Crippen molar-refractivity contribution < 1.29 is 75.8 Å². The van der Waals surface area contributed by atoms with Gasteiger partial charge < -0.3 is 34.2 Å². The first-order valence-corrected chi connectivity index (χ1v) is 42.1. The minimum atomic E-state index is -4.95. The lowest BCUT2D eigenvalue weighted by atomic mass is 10.0. The Hall–Kier alpha value is -4.57. The summed E-state index contributed by atoms with van der Waals surface area (Å²) in [5.74, 6) is -1.69. The van der Waals surface area contributed by atoms with Gasteiger partial charge in [0, 0.05) is 19.3 Å². The average Bonchev–Trinajstić information content (AvgIpc) is 1.14. The van der Waals surface area contributed by atoms with Crippen molar-refractivity contribution in [3.8, 4) is 0 Å². The number of phosphoric acid groups is 2. The summed E-state index contributed by atoms with van der Waals surface area (Å²) >= 11 is 0. The van der Waals surface area contributed by atoms with Gasteiger partial charge in [0.2, 0.25) is 0 Å². The van der Waals surface area contributed by atoms with E-state index in [4.69, 9.17) is 32.3 Å². The molecular weight excluding hydrogens is 1310 g/mol. The Balaban J connectivity index is 4.53. The van der Waals surface area contributed by atoms with Crippen LogP contribution in [0.3, 0.4) is 0 Å². The summed E-state index contributed by atoms with van der Waals surface area (Å²) in [5, 5.41) is 20.6. The number of esters is 3. The van der Waals surface area contributed by atoms with E-state index in [9.17, 15) is 43.5 Å². The lowest BCUT2D eigenvalue weighted by Crippen LogP contribution is -2.30. The van der Waals surface area contributed by atoms with Gasteiger partial charge in [0.25, 0.3) is 0 Å². The van der Waals surface area contributed by atoms with Gasteiger partial charge >= 0.3 is 33.6 Å². The second-order valence-corrected chi connectivity index (χ2v) is 28.7. The number of carbonyl (C=O) groups is 3. The first-order chi connectivity index (χ1) is 49.2. The van der Waals surface area contributed by atoms with Gasteiger partial charge in [-0.2, -0.15) is 0 Å². The Morgan fingerprint density at radius 1 is 0.287 bits per heavy atom. The van der Waals surface area contributed by atoms with Crippen LogP contribution in [0.1, 0.15) is 303 Å². The summed E-state index contributed by atoms with van der Waals surface area (Å²) in [6, 6.07) is 0. The van der Waals surface area contributed by atoms with Crippen molar-refractivity contribution in [1.82, 2.24) is 0 Å². The molecule has 0 aromatic rings. The van der Waals surface area contributed by atoms with Crippen LogP contribution in [0, 0.1) is 0 Å². The predicted octanol–water partition coefficient (Wildman–Crippen LogP) is 22.9. The highest BCUT2D eigenvalue weighted by atomic mass is 31.2. The lowest BCUT2D eigenvalue weighted by molar-refractivity contribution is -0.161. The number of rotatable bonds is 73. The van der Waals surface area contributed by atoms with Gasteiger partial charge in [-0.15, -0.1) is 0 Å². The lowest BCUT2D eigenvalue weighted by Gasteiger charge is -2.21. The van der Waals surface area contributed by atoms with Crippen LogP contribution in [0.2, 0.25) is 0 Å². The van der Waals surface area contributed by atoms with Crippen LogP contribution in [0.15, 0.2) is 146 Å². The quantitative estimate of drug-likeness (QED) is 0.0146. The van der Waals surface area contributed by atoms with E-state index in [1.165, 1.54) is 122 Å². The molecule has 0 fully saturated rings. The molecular formula is C83H140O16P2. The van der Waals surface area contributed by atoms with Crippen LogP contribution < -0.4 is 0 Å². The van der Waals surface area contributed by atoms with E-state index < -0.39 is 91.5 Å². The van der Waals surface area contributed by atoms with E-state index in [2.05, 4.69) is 148 Å². The van der Waals surface area contributed by atoms with E-state index in [0.29, 0.717) is 25.7 Å². The average molecular weight is 1460 g/mol. The fraction of sp³-hybridized carbons (Fsp3) is 0.675. The molecule has 0 radical (unpaired) electrons. The summed E-state index contributed by atoms with van der Waals surface area (Å²) < 4.78 is 61.0. The first kappa shape index (κ1) is 96.4. The molecule has 0 aliphatic rings. The van der Waals surface area contributed by atoms with E-state index in [-0.39, 0.29) is 19.3 Å². The van der Waals surface area contributed by atoms with E-state index >= 15 is 0 Å². The van der Waals surface area contributed by atoms with Gasteiger partial charge in [0.15, 0.2) is 6.10 Å². The van der Waals surface area contributed by atoms with Crippen molar-refractivity contribution in [3.63, 3.8) is 0 Å². The Labute approximate surface area is 613 Å². The van der Waals surface area contributed by atoms with Crippen LogP contribution in [0.25, 0.3) is 0 Å². The van der Waals surface area contributed by atoms with Gasteiger partial charge in [0.1, 0.15) is 25.4 Å². The first-order valence-electron chi connectivity index (χ1n) is 39.1. The van der Waals surface area contributed by atoms with Gasteiger partial charge in [-0.05, 0) is 135 Å². The maximum atomic E-state index is 12.9. The Morgan fingerprint density at radius 3 is 0.891 bits per heavy atom. The summed E-state index contributed by atoms with van der Waals surface area (Å²) in [6.45, 7) is 2.40. The van der Waals surface area contributed by atoms with Crippen LogP contribution in [-0.2, 0) is 55.8 Å². The van der Waals surface area contributed by atoms with Crippen LogP contribution >= 0.6 is 15.6 Å². The Kier molecular flexibility index (Phi) is 71.7. The summed E-state index contributed by atoms with van der Waals surface area (Å²) in [4.78, 5) is 58.5. The van der Waals surface area contributed by atoms with Crippen molar-refractivity contribution in [1.29, 1.82) is 0 Å². The summed E-state index contributed by atoms with van der Waals surface area (Å²) in [5.41, 5.74) is 0. The topological polar surface area (TPSA) is 231 Å². The second kappa shape index (κ2) is 75.1. The number of hydrogen-bond acceptors (Lipinski definition) is 14. The molecule has 0 aliphatic heterocycles. The van der Waals surface area contributed by atoms with E-state index in [1.807, 2.05) is 18.2 Å². The number of ether oxygens (including phenoxy) is 3. The normalized spacial score (nSPS) is 14.8. The van der Waals surface area contributed by atoms with Crippen LogP contribution in [-0.4, -0.2) is 95.9 Å². The monoisotopic (exact) mass is 1450 g/mol. The molecule has 0 aliphatic carbocycles. The smallest absolute Gasteiger partial charge is 0.463 e. The highest BCUT2D eigenvalue weighted by Gasteiger charge is 2.29. The molecule has 18 heteroatoms. The molecule has 0 aromatic carbocycles. The van der Waals surface area contributed by atoms with Gasteiger partial charge in [-0.1, -0.05) is 295 Å². The number of hydrogen-bond donors (Lipinski definition) is 4. The third kappa shape index (κ3) is 76.4. The molecule has 0 saturated heterocycles. The zero-order valence-electron chi connectivity index (χ0n) is 63.0. The molecule has 0 aromatic heterocycles. The zero-order valence-corrected chi connectivity index (χ0v) is 64.8. The van der Waals surface area contributed by atoms with Crippen molar-refractivity contribution in [2.45, 2.75) is 322 Å². The Morgan fingerprint density at radius 2 is 0.545 bits per heavy atom. The number of allylic oxidation sites excluding steroid dienone is 24.